The number of amides is 3. The van der Waals surface area contributed by atoms with E-state index in [-0.39, 0.29) is 40.5 Å². The average Bonchev–Trinajstić information content (AvgIpc) is 3.22. The predicted octanol–water partition coefficient (Wildman–Crippen LogP) is 9.70. The Morgan fingerprint density at radius 3 is 1.43 bits per heavy atom. The molecule has 0 unspecified atom stereocenters. The van der Waals surface area contributed by atoms with Gasteiger partial charge < -0.3 is 15.5 Å². The Labute approximate surface area is 324 Å². The largest absolute Gasteiger partial charge is 0.416 e. The number of likely N-dealkylation sites (tertiary alicyclic amines) is 2. The molecular weight excluding hydrogens is 736 g/mol. The monoisotopic (exact) mass is 785 g/mol. The summed E-state index contributed by atoms with van der Waals surface area (Å²) in [4.78, 5) is 39.6. The van der Waals surface area contributed by atoms with Crippen LogP contribution in [0, 0.1) is 6.92 Å². The van der Waals surface area contributed by atoms with Gasteiger partial charge in [-0.25, -0.2) is 0 Å². The number of alkyl halides is 6. The van der Waals surface area contributed by atoms with E-state index < -0.39 is 29.4 Å². The first kappa shape index (κ1) is 45.1. The van der Waals surface area contributed by atoms with Crippen LogP contribution >= 0.6 is 0 Å². The smallest absolute Gasteiger partial charge is 0.366 e. The topological polar surface area (TPSA) is 109 Å². The van der Waals surface area contributed by atoms with Crippen LogP contribution in [-0.4, -0.2) is 63.9 Å². The molecule has 3 heterocycles. The van der Waals surface area contributed by atoms with Crippen LogP contribution in [0.25, 0.3) is 0 Å². The molecule has 0 atom stereocenters. The van der Waals surface area contributed by atoms with Gasteiger partial charge in [0, 0.05) is 37.3 Å². The van der Waals surface area contributed by atoms with Crippen molar-refractivity contribution in [3.8, 4) is 0 Å². The molecule has 0 bridgehead atoms. The number of rotatable bonds is 5. The lowest BCUT2D eigenvalue weighted by molar-refractivity contribution is -0.139. The fourth-order valence-electron chi connectivity index (χ4n) is 6.67. The van der Waals surface area contributed by atoms with Crippen molar-refractivity contribution in [2.24, 2.45) is 5.73 Å². The number of carbonyl (C=O) groups excluding carboxylic acids is 3. The van der Waals surface area contributed by atoms with Gasteiger partial charge in [0.1, 0.15) is 0 Å². The van der Waals surface area contributed by atoms with Crippen LogP contribution < -0.4 is 5.73 Å². The number of primary amides is 1. The molecule has 0 spiro atoms. The van der Waals surface area contributed by atoms with E-state index in [1.807, 2.05) is 27.7 Å². The molecule has 14 heteroatoms. The lowest BCUT2D eigenvalue weighted by atomic mass is 9.86. The fourth-order valence-corrected chi connectivity index (χ4v) is 6.67. The van der Waals surface area contributed by atoms with E-state index >= 15 is 0 Å². The third kappa shape index (κ3) is 11.9. The molecule has 3 amide bonds. The van der Waals surface area contributed by atoms with E-state index in [0.717, 1.165) is 17.8 Å². The van der Waals surface area contributed by atoms with Crippen LogP contribution in [0.1, 0.15) is 124 Å². The van der Waals surface area contributed by atoms with Crippen molar-refractivity contribution in [1.82, 2.24) is 20.0 Å². The number of benzene rings is 3. The van der Waals surface area contributed by atoms with Crippen molar-refractivity contribution in [2.75, 3.05) is 26.2 Å². The van der Waals surface area contributed by atoms with Crippen LogP contribution in [0.4, 0.5) is 26.3 Å². The van der Waals surface area contributed by atoms with E-state index in [0.29, 0.717) is 63.0 Å². The summed E-state index contributed by atoms with van der Waals surface area (Å²) >= 11 is 0. The zero-order chi connectivity index (χ0) is 41.6. The van der Waals surface area contributed by atoms with E-state index in [4.69, 9.17) is 5.73 Å². The lowest BCUT2D eigenvalue weighted by Crippen LogP contribution is -2.38. The molecule has 2 fully saturated rings. The zero-order valence-corrected chi connectivity index (χ0v) is 32.3. The molecule has 0 aliphatic carbocycles. The molecule has 0 radical (unpaired) electrons. The maximum absolute atomic E-state index is 13.2. The van der Waals surface area contributed by atoms with Crippen molar-refractivity contribution in [3.05, 3.63) is 130 Å². The van der Waals surface area contributed by atoms with Crippen LogP contribution in [0.5, 0.6) is 0 Å². The Kier molecular flexibility index (Phi) is 16.6. The molecule has 6 rings (SSSR count). The van der Waals surface area contributed by atoms with Gasteiger partial charge in [0.15, 0.2) is 5.69 Å². The number of hydrogen-bond acceptors (Lipinski definition) is 5. The first-order valence-electron chi connectivity index (χ1n) is 18.7. The number of halogens is 6. The number of nitrogens with two attached hydrogens (primary N) is 1. The van der Waals surface area contributed by atoms with Crippen molar-refractivity contribution in [3.63, 3.8) is 0 Å². The van der Waals surface area contributed by atoms with E-state index in [2.05, 4.69) is 10.2 Å². The Bertz CT molecular complexity index is 1880. The maximum Gasteiger partial charge on any atom is 0.416 e. The van der Waals surface area contributed by atoms with Crippen molar-refractivity contribution in [2.45, 2.75) is 84.5 Å². The van der Waals surface area contributed by atoms with Gasteiger partial charge in [0.2, 0.25) is 5.91 Å². The quantitative estimate of drug-likeness (QED) is 0.203. The summed E-state index contributed by atoms with van der Waals surface area (Å²) in [5.41, 5.74) is 6.23. The number of carbonyl (C=O) groups is 3. The standard InChI is InChI=1S/C20H19F3N2O2.C18H18F3N3O.2C2H6/c21-20(22,23)17-7-2-1-6-16(17)13-8-10-25(11-9-13)19(27)15-5-3-4-14(12-15)18(24)26;1-12-6-7-16(23-22-12)17(25)24-10-8-13(9-11-24)14-4-2-3-5-15(14)18(19,20)21;2*1-2/h1-7,12-13H,8-11H2,(H2,24,26);2-7,13H,8-11H2,1H3;2*1-2H3. The van der Waals surface area contributed by atoms with Gasteiger partial charge in [-0.15, -0.1) is 5.10 Å². The van der Waals surface area contributed by atoms with E-state index in [1.165, 1.54) is 36.4 Å². The number of nitrogens with zero attached hydrogens (tertiary/aromatic N) is 4. The maximum atomic E-state index is 13.2. The minimum atomic E-state index is -4.39. The highest BCUT2D eigenvalue weighted by atomic mass is 19.4. The van der Waals surface area contributed by atoms with Crippen LogP contribution in [-0.2, 0) is 12.4 Å². The molecule has 2 aliphatic heterocycles. The molecule has 302 valence electrons. The Morgan fingerprint density at radius 2 is 1.02 bits per heavy atom. The molecule has 8 nitrogen and oxygen atoms in total. The molecule has 3 aromatic carbocycles. The van der Waals surface area contributed by atoms with Crippen LogP contribution in [0.3, 0.4) is 0 Å². The minimum Gasteiger partial charge on any atom is -0.366 e. The highest BCUT2D eigenvalue weighted by Crippen LogP contribution is 2.40. The van der Waals surface area contributed by atoms with Crippen LogP contribution in [0.2, 0.25) is 0 Å². The minimum absolute atomic E-state index is 0.203. The predicted molar refractivity (Wildman–Crippen MR) is 203 cm³/mol. The van der Waals surface area contributed by atoms with Crippen molar-refractivity contribution < 1.29 is 40.7 Å². The molecule has 56 heavy (non-hydrogen) atoms. The molecule has 2 saturated heterocycles. The van der Waals surface area contributed by atoms with Crippen molar-refractivity contribution in [1.29, 1.82) is 0 Å². The van der Waals surface area contributed by atoms with E-state index in [9.17, 15) is 40.7 Å². The third-order valence-corrected chi connectivity index (χ3v) is 9.39. The Hall–Kier alpha value is -5.27. The SMILES string of the molecule is CC.CC.Cc1ccc(C(=O)N2CCC(c3ccccc3C(F)(F)F)CC2)nn1.NC(=O)c1cccc(C(=O)N2CCC(c3ccccc3C(F)(F)F)CC2)c1. The number of aryl methyl sites for hydroxylation is 1. The number of aromatic nitrogens is 2. The van der Waals surface area contributed by atoms with Gasteiger partial charge in [-0.1, -0.05) is 70.2 Å². The number of piperidine rings is 2. The number of hydrogen-bond donors (Lipinski definition) is 1. The summed E-state index contributed by atoms with van der Waals surface area (Å²) in [6.07, 6.45) is -6.85. The lowest BCUT2D eigenvalue weighted by Gasteiger charge is -2.33. The summed E-state index contributed by atoms with van der Waals surface area (Å²) in [5, 5.41) is 7.76. The second kappa shape index (κ2) is 20.6. The molecule has 0 saturated carbocycles. The van der Waals surface area contributed by atoms with Gasteiger partial charge in [-0.2, -0.15) is 31.4 Å². The van der Waals surface area contributed by atoms with Gasteiger partial charge in [0.05, 0.1) is 16.8 Å². The van der Waals surface area contributed by atoms with Crippen molar-refractivity contribution >= 4 is 17.7 Å². The highest BCUT2D eigenvalue weighted by Gasteiger charge is 2.37. The molecular formula is C42H49F6N5O3. The third-order valence-electron chi connectivity index (χ3n) is 9.39. The van der Waals surface area contributed by atoms with Gasteiger partial charge in [-0.05, 0) is 98.0 Å². The summed E-state index contributed by atoms with van der Waals surface area (Å²) in [6.45, 7) is 11.3. The average molecular weight is 786 g/mol. The second-order valence-electron chi connectivity index (χ2n) is 12.8. The van der Waals surface area contributed by atoms with Gasteiger partial charge >= 0.3 is 12.4 Å². The van der Waals surface area contributed by atoms with Crippen LogP contribution in [0.15, 0.2) is 84.9 Å². The first-order chi connectivity index (χ1) is 26.6. The fraction of sp³-hybridized carbons (Fsp3) is 0.405. The normalized spacial score (nSPS) is 14.9. The highest BCUT2D eigenvalue weighted by molar-refractivity contribution is 5.99. The molecule has 2 N–H and O–H groups in total. The van der Waals surface area contributed by atoms with Gasteiger partial charge in [-0.3, -0.25) is 14.4 Å². The first-order valence-corrected chi connectivity index (χ1v) is 18.7. The molecule has 2 aliphatic rings. The zero-order valence-electron chi connectivity index (χ0n) is 32.3. The molecule has 4 aromatic rings. The van der Waals surface area contributed by atoms with Gasteiger partial charge in [0.25, 0.3) is 11.8 Å². The summed E-state index contributed by atoms with van der Waals surface area (Å²) < 4.78 is 79.2. The molecule has 1 aromatic heterocycles. The van der Waals surface area contributed by atoms with E-state index in [1.54, 1.807) is 53.1 Å². The summed E-state index contributed by atoms with van der Waals surface area (Å²) in [6, 6.07) is 20.8. The summed E-state index contributed by atoms with van der Waals surface area (Å²) in [5.74, 6) is -1.54. The Balaban J connectivity index is 0.000000277. The summed E-state index contributed by atoms with van der Waals surface area (Å²) in [7, 11) is 0. The second-order valence-corrected chi connectivity index (χ2v) is 12.8. The Morgan fingerprint density at radius 1 is 0.589 bits per heavy atom.